The van der Waals surface area contributed by atoms with Gasteiger partial charge in [-0.2, -0.15) is 4.98 Å². The molecule has 2 heterocycles. The maximum atomic E-state index is 13.1. The molecule has 4 N–H and O–H groups in total. The van der Waals surface area contributed by atoms with E-state index < -0.39 is 29.5 Å². The summed E-state index contributed by atoms with van der Waals surface area (Å²) >= 11 is 0. The molecule has 1 saturated heterocycles. The molecular formula is C24H33N5O4. The summed E-state index contributed by atoms with van der Waals surface area (Å²) in [7, 11) is 1.63. The minimum Gasteiger partial charge on any atom is -0.496 e. The highest BCUT2D eigenvalue weighted by Gasteiger charge is 2.43. The number of nitrogens with zero attached hydrogens (tertiary/aromatic N) is 3. The summed E-state index contributed by atoms with van der Waals surface area (Å²) < 4.78 is 11.8. The number of likely N-dealkylation sites (tertiary alicyclic amines) is 1. The molecule has 2 fully saturated rings. The highest BCUT2D eigenvalue weighted by molar-refractivity contribution is 5.90. The maximum Gasteiger partial charge on any atom is 0.240 e. The third-order valence-corrected chi connectivity index (χ3v) is 6.49. The van der Waals surface area contributed by atoms with Crippen LogP contribution in [0.5, 0.6) is 11.6 Å². The third kappa shape index (κ3) is 4.59. The molecule has 4 rings (SSSR count). The Labute approximate surface area is 193 Å². The van der Waals surface area contributed by atoms with Gasteiger partial charge < -0.3 is 25.8 Å². The normalized spacial score (nSPS) is 21.8. The molecule has 9 heteroatoms. The second kappa shape index (κ2) is 8.44. The van der Waals surface area contributed by atoms with E-state index >= 15 is 0 Å². The van der Waals surface area contributed by atoms with Gasteiger partial charge >= 0.3 is 0 Å². The summed E-state index contributed by atoms with van der Waals surface area (Å²) in [5, 5.41) is 0.768. The maximum absolute atomic E-state index is 13.1. The molecule has 0 radical (unpaired) electrons. The number of benzene rings is 1. The molecule has 1 aliphatic heterocycles. The number of primary amides is 1. The van der Waals surface area contributed by atoms with E-state index in [0.29, 0.717) is 11.8 Å². The van der Waals surface area contributed by atoms with Crippen LogP contribution in [0.2, 0.25) is 0 Å². The molecule has 1 unspecified atom stereocenters. The van der Waals surface area contributed by atoms with Crippen LogP contribution in [0.3, 0.4) is 0 Å². The van der Waals surface area contributed by atoms with E-state index in [1.807, 2.05) is 39.8 Å². The minimum absolute atomic E-state index is 0.218. The van der Waals surface area contributed by atoms with Crippen LogP contribution >= 0.6 is 0 Å². The smallest absolute Gasteiger partial charge is 0.240 e. The molecule has 33 heavy (non-hydrogen) atoms. The number of carbonyl (C=O) groups excluding carboxylic acids is 2. The second-order valence-electron chi connectivity index (χ2n) is 10.2. The summed E-state index contributed by atoms with van der Waals surface area (Å²) in [4.78, 5) is 36.2. The lowest BCUT2D eigenvalue weighted by Gasteiger charge is -2.31. The van der Waals surface area contributed by atoms with Crippen LogP contribution in [-0.4, -0.2) is 58.5 Å². The van der Waals surface area contributed by atoms with Crippen molar-refractivity contribution in [2.75, 3.05) is 13.7 Å². The number of aromatic nitrogens is 2. The zero-order chi connectivity index (χ0) is 24.1. The molecule has 178 valence electrons. The van der Waals surface area contributed by atoms with Crippen molar-refractivity contribution < 1.29 is 19.1 Å². The van der Waals surface area contributed by atoms with Crippen LogP contribution in [-0.2, 0) is 9.59 Å². The summed E-state index contributed by atoms with van der Waals surface area (Å²) in [5.41, 5.74) is 13.1. The van der Waals surface area contributed by atoms with Gasteiger partial charge in [-0.25, -0.2) is 4.98 Å². The van der Waals surface area contributed by atoms with E-state index in [2.05, 4.69) is 0 Å². The number of methoxy groups -OCH3 is 1. The van der Waals surface area contributed by atoms with Gasteiger partial charge in [0.05, 0.1) is 30.6 Å². The first-order valence-electron chi connectivity index (χ1n) is 11.4. The van der Waals surface area contributed by atoms with Crippen molar-refractivity contribution in [3.8, 4) is 11.6 Å². The Hall–Kier alpha value is -2.94. The molecule has 1 saturated carbocycles. The number of amides is 2. The predicted molar refractivity (Wildman–Crippen MR) is 124 cm³/mol. The fourth-order valence-corrected chi connectivity index (χ4v) is 4.19. The molecule has 0 bridgehead atoms. The quantitative estimate of drug-likeness (QED) is 0.681. The van der Waals surface area contributed by atoms with Crippen LogP contribution in [0.15, 0.2) is 12.1 Å². The summed E-state index contributed by atoms with van der Waals surface area (Å²) in [6.07, 6.45) is 1.95. The third-order valence-electron chi connectivity index (χ3n) is 6.49. The van der Waals surface area contributed by atoms with Gasteiger partial charge in [-0.3, -0.25) is 9.59 Å². The molecule has 1 aliphatic carbocycles. The van der Waals surface area contributed by atoms with Gasteiger partial charge in [0, 0.05) is 18.4 Å². The van der Waals surface area contributed by atoms with E-state index in [9.17, 15) is 9.59 Å². The van der Waals surface area contributed by atoms with E-state index in [1.165, 1.54) is 4.90 Å². The van der Waals surface area contributed by atoms with Crippen LogP contribution in [0, 0.1) is 12.3 Å². The average Bonchev–Trinajstić information content (AvgIpc) is 3.51. The molecule has 1 aromatic heterocycles. The van der Waals surface area contributed by atoms with Crippen LogP contribution in [0.1, 0.15) is 57.3 Å². The standard InChI is InChI=1S/C24H33N5O4/c1-12-8-15-16(10-18(12)32-5)27-21(13-6-7-13)28-22(15)33-14-9-17(20(26)30)29(11-14)23(31)19(25)24(2,3)4/h8,10,13-14,17,19H,6-7,9,11,25H2,1-5H3,(H2,26,30)/t14-,17?,19-/m1/s1. The number of hydrogen-bond donors (Lipinski definition) is 2. The Kier molecular flexibility index (Phi) is 5.94. The molecule has 3 atom stereocenters. The Morgan fingerprint density at radius 3 is 2.48 bits per heavy atom. The van der Waals surface area contributed by atoms with Crippen LogP contribution < -0.4 is 20.9 Å². The largest absolute Gasteiger partial charge is 0.496 e. The second-order valence-corrected chi connectivity index (χ2v) is 10.2. The first-order chi connectivity index (χ1) is 15.5. The lowest BCUT2D eigenvalue weighted by atomic mass is 9.86. The Bertz CT molecular complexity index is 1090. The predicted octanol–water partition coefficient (Wildman–Crippen LogP) is 2.03. The lowest BCUT2D eigenvalue weighted by molar-refractivity contribution is -0.140. The van der Waals surface area contributed by atoms with Gasteiger partial charge in [0.2, 0.25) is 17.7 Å². The topological polar surface area (TPSA) is 134 Å². The first kappa shape index (κ1) is 23.2. The number of fused-ring (bicyclic) bond motifs is 1. The van der Waals surface area contributed by atoms with Gasteiger partial charge in [0.25, 0.3) is 0 Å². The number of nitrogens with two attached hydrogens (primary N) is 2. The van der Waals surface area contributed by atoms with Crippen molar-refractivity contribution in [3.05, 3.63) is 23.5 Å². The van der Waals surface area contributed by atoms with Gasteiger partial charge in [-0.15, -0.1) is 0 Å². The van der Waals surface area contributed by atoms with E-state index in [0.717, 1.165) is 40.9 Å². The van der Waals surface area contributed by atoms with E-state index in [4.69, 9.17) is 30.9 Å². The highest BCUT2D eigenvalue weighted by atomic mass is 16.5. The molecule has 2 amide bonds. The van der Waals surface area contributed by atoms with E-state index in [1.54, 1.807) is 7.11 Å². The van der Waals surface area contributed by atoms with Gasteiger partial charge in [-0.05, 0) is 36.8 Å². The lowest BCUT2D eigenvalue weighted by Crippen LogP contribution is -2.54. The van der Waals surface area contributed by atoms with Crippen molar-refractivity contribution >= 4 is 22.7 Å². The van der Waals surface area contributed by atoms with Gasteiger partial charge in [0.15, 0.2) is 0 Å². The van der Waals surface area contributed by atoms with Crippen molar-refractivity contribution in [2.24, 2.45) is 16.9 Å². The number of ether oxygens (including phenoxy) is 2. The zero-order valence-electron chi connectivity index (χ0n) is 19.9. The van der Waals surface area contributed by atoms with Crippen molar-refractivity contribution in [3.63, 3.8) is 0 Å². The summed E-state index contributed by atoms with van der Waals surface area (Å²) in [6.45, 7) is 7.84. The van der Waals surface area contributed by atoms with Crippen molar-refractivity contribution in [1.82, 2.24) is 14.9 Å². The molecule has 0 spiro atoms. The van der Waals surface area contributed by atoms with E-state index in [-0.39, 0.29) is 18.9 Å². The van der Waals surface area contributed by atoms with Crippen molar-refractivity contribution in [1.29, 1.82) is 0 Å². The van der Waals surface area contributed by atoms with Gasteiger partial charge in [0.1, 0.15) is 23.7 Å². The molecule has 1 aromatic carbocycles. The fourth-order valence-electron chi connectivity index (χ4n) is 4.19. The zero-order valence-corrected chi connectivity index (χ0v) is 19.9. The number of rotatable bonds is 6. The average molecular weight is 456 g/mol. The molecule has 2 aliphatic rings. The summed E-state index contributed by atoms with van der Waals surface area (Å²) in [6, 6.07) is 2.31. The monoisotopic (exact) mass is 455 g/mol. The number of hydrogen-bond acceptors (Lipinski definition) is 7. The highest BCUT2D eigenvalue weighted by Crippen LogP contribution is 2.41. The number of aryl methyl sites for hydroxylation is 1. The Balaban J connectivity index is 1.65. The summed E-state index contributed by atoms with van der Waals surface area (Å²) in [5.74, 6) is 1.41. The van der Waals surface area contributed by atoms with Crippen molar-refractivity contribution in [2.45, 2.75) is 71.1 Å². The Morgan fingerprint density at radius 1 is 1.21 bits per heavy atom. The van der Waals surface area contributed by atoms with Crippen LogP contribution in [0.4, 0.5) is 0 Å². The molecular weight excluding hydrogens is 422 g/mol. The SMILES string of the molecule is COc1cc2nc(C3CC3)nc(O[C@@H]3CC(C(N)=O)N(C(=O)[C@@H](N)C(C)(C)C)C3)c2cc1C. The number of carbonyl (C=O) groups is 2. The first-order valence-corrected chi connectivity index (χ1v) is 11.4. The minimum atomic E-state index is -0.770. The molecule has 2 aromatic rings. The fraction of sp³-hybridized carbons (Fsp3) is 0.583. The Morgan fingerprint density at radius 2 is 1.91 bits per heavy atom. The van der Waals surface area contributed by atoms with Crippen LogP contribution in [0.25, 0.3) is 10.9 Å². The molecule has 9 nitrogen and oxygen atoms in total. The van der Waals surface area contributed by atoms with Gasteiger partial charge in [-0.1, -0.05) is 20.8 Å².